The fourth-order valence-electron chi connectivity index (χ4n) is 2.29. The molecule has 0 spiro atoms. The SMILES string of the molecule is COc1c(C)cccc1OC1(C)CCNCC1. The molecule has 1 aliphatic rings. The molecule has 0 saturated carbocycles. The van der Waals surface area contributed by atoms with Gasteiger partial charge in [-0.1, -0.05) is 12.1 Å². The molecule has 1 aromatic rings. The highest BCUT2D eigenvalue weighted by atomic mass is 16.5. The van der Waals surface area contributed by atoms with Crippen LogP contribution < -0.4 is 14.8 Å². The Labute approximate surface area is 103 Å². The highest BCUT2D eigenvalue weighted by Gasteiger charge is 2.29. The van der Waals surface area contributed by atoms with Crippen molar-refractivity contribution in [3.8, 4) is 11.5 Å². The van der Waals surface area contributed by atoms with E-state index in [1.165, 1.54) is 0 Å². The lowest BCUT2D eigenvalue weighted by Gasteiger charge is -2.35. The van der Waals surface area contributed by atoms with Crippen molar-refractivity contribution in [3.05, 3.63) is 23.8 Å². The number of hydrogen-bond acceptors (Lipinski definition) is 3. The standard InChI is InChI=1S/C14H21NO2/c1-11-5-4-6-12(13(11)16-3)17-14(2)7-9-15-10-8-14/h4-6,15H,7-10H2,1-3H3. The molecule has 0 amide bonds. The van der Waals surface area contributed by atoms with Gasteiger partial charge in [0.15, 0.2) is 11.5 Å². The number of piperidine rings is 1. The lowest BCUT2D eigenvalue weighted by molar-refractivity contribution is 0.0526. The number of ether oxygens (including phenoxy) is 2. The maximum atomic E-state index is 6.18. The van der Waals surface area contributed by atoms with Crippen LogP contribution in [0.15, 0.2) is 18.2 Å². The average Bonchev–Trinajstić information content (AvgIpc) is 2.30. The van der Waals surface area contributed by atoms with Crippen molar-refractivity contribution in [2.24, 2.45) is 0 Å². The molecule has 1 N–H and O–H groups in total. The molecular formula is C14H21NO2. The van der Waals surface area contributed by atoms with Gasteiger partial charge in [0, 0.05) is 0 Å². The van der Waals surface area contributed by atoms with Crippen LogP contribution in [-0.4, -0.2) is 25.8 Å². The summed E-state index contributed by atoms with van der Waals surface area (Å²) < 4.78 is 11.6. The van der Waals surface area contributed by atoms with Crippen molar-refractivity contribution in [2.45, 2.75) is 32.3 Å². The minimum atomic E-state index is -0.0771. The van der Waals surface area contributed by atoms with Crippen LogP contribution in [0.5, 0.6) is 11.5 Å². The van der Waals surface area contributed by atoms with Crippen LogP contribution in [0.1, 0.15) is 25.3 Å². The largest absolute Gasteiger partial charge is 0.493 e. The normalized spacial score (nSPS) is 18.8. The van der Waals surface area contributed by atoms with Gasteiger partial charge >= 0.3 is 0 Å². The van der Waals surface area contributed by atoms with Crippen molar-refractivity contribution < 1.29 is 9.47 Å². The second kappa shape index (κ2) is 4.96. The van der Waals surface area contributed by atoms with Crippen LogP contribution in [0.3, 0.4) is 0 Å². The second-order valence-corrected chi connectivity index (χ2v) is 4.91. The Balaban J connectivity index is 2.20. The van der Waals surface area contributed by atoms with Gasteiger partial charge in [-0.2, -0.15) is 0 Å². The van der Waals surface area contributed by atoms with Crippen LogP contribution in [0.25, 0.3) is 0 Å². The number of rotatable bonds is 3. The zero-order valence-corrected chi connectivity index (χ0v) is 10.9. The Hall–Kier alpha value is -1.22. The first kappa shape index (κ1) is 12.2. The first-order valence-corrected chi connectivity index (χ1v) is 6.18. The number of aryl methyl sites for hydroxylation is 1. The molecule has 1 aliphatic heterocycles. The molecule has 1 fully saturated rings. The van der Waals surface area contributed by atoms with Crippen LogP contribution in [-0.2, 0) is 0 Å². The smallest absolute Gasteiger partial charge is 0.163 e. The quantitative estimate of drug-likeness (QED) is 0.873. The van der Waals surface area contributed by atoms with Gasteiger partial charge in [-0.25, -0.2) is 0 Å². The predicted octanol–water partition coefficient (Wildman–Crippen LogP) is 2.52. The van der Waals surface area contributed by atoms with Crippen LogP contribution in [0.2, 0.25) is 0 Å². The summed E-state index contributed by atoms with van der Waals surface area (Å²) in [5.74, 6) is 1.71. The Morgan fingerprint density at radius 1 is 1.24 bits per heavy atom. The van der Waals surface area contributed by atoms with E-state index in [1.54, 1.807) is 7.11 Å². The molecule has 1 aromatic carbocycles. The van der Waals surface area contributed by atoms with Crippen molar-refractivity contribution in [1.82, 2.24) is 5.32 Å². The summed E-state index contributed by atoms with van der Waals surface area (Å²) in [4.78, 5) is 0. The zero-order chi connectivity index (χ0) is 12.3. The average molecular weight is 235 g/mol. The van der Waals surface area contributed by atoms with Gasteiger partial charge in [0.1, 0.15) is 5.60 Å². The minimum absolute atomic E-state index is 0.0771. The maximum absolute atomic E-state index is 6.18. The van der Waals surface area contributed by atoms with Gasteiger partial charge in [0.25, 0.3) is 0 Å². The zero-order valence-electron chi connectivity index (χ0n) is 10.9. The Kier molecular flexibility index (Phi) is 3.57. The van der Waals surface area contributed by atoms with Gasteiger partial charge in [-0.05, 0) is 51.4 Å². The van der Waals surface area contributed by atoms with E-state index in [4.69, 9.17) is 9.47 Å². The minimum Gasteiger partial charge on any atom is -0.493 e. The molecule has 3 heteroatoms. The van der Waals surface area contributed by atoms with Crippen LogP contribution in [0, 0.1) is 6.92 Å². The molecule has 0 bridgehead atoms. The highest BCUT2D eigenvalue weighted by molar-refractivity contribution is 5.46. The molecule has 2 rings (SSSR count). The maximum Gasteiger partial charge on any atom is 0.163 e. The summed E-state index contributed by atoms with van der Waals surface area (Å²) in [6.07, 6.45) is 2.06. The molecule has 0 aliphatic carbocycles. The van der Waals surface area contributed by atoms with E-state index in [0.29, 0.717) is 0 Å². The monoisotopic (exact) mass is 235 g/mol. The van der Waals surface area contributed by atoms with E-state index >= 15 is 0 Å². The number of para-hydroxylation sites is 1. The first-order valence-electron chi connectivity index (χ1n) is 6.18. The third kappa shape index (κ3) is 2.72. The summed E-state index contributed by atoms with van der Waals surface area (Å²) in [5.41, 5.74) is 1.04. The molecular weight excluding hydrogens is 214 g/mol. The van der Waals surface area contributed by atoms with E-state index in [9.17, 15) is 0 Å². The van der Waals surface area contributed by atoms with Crippen LogP contribution in [0.4, 0.5) is 0 Å². The third-order valence-corrected chi connectivity index (χ3v) is 3.40. The van der Waals surface area contributed by atoms with E-state index in [2.05, 4.69) is 12.2 Å². The van der Waals surface area contributed by atoms with Gasteiger partial charge in [0.2, 0.25) is 0 Å². The topological polar surface area (TPSA) is 30.5 Å². The summed E-state index contributed by atoms with van der Waals surface area (Å²) in [6.45, 7) is 6.25. The Morgan fingerprint density at radius 2 is 1.94 bits per heavy atom. The van der Waals surface area contributed by atoms with Crippen molar-refractivity contribution >= 4 is 0 Å². The molecule has 0 radical (unpaired) electrons. The molecule has 0 atom stereocenters. The fourth-order valence-corrected chi connectivity index (χ4v) is 2.29. The summed E-state index contributed by atoms with van der Waals surface area (Å²) in [7, 11) is 1.69. The van der Waals surface area contributed by atoms with E-state index < -0.39 is 0 Å². The Morgan fingerprint density at radius 3 is 2.59 bits per heavy atom. The molecule has 17 heavy (non-hydrogen) atoms. The lowest BCUT2D eigenvalue weighted by Crippen LogP contribution is -2.43. The first-order chi connectivity index (χ1) is 8.14. The van der Waals surface area contributed by atoms with E-state index in [0.717, 1.165) is 43.0 Å². The van der Waals surface area contributed by atoms with Crippen LogP contribution >= 0.6 is 0 Å². The molecule has 1 heterocycles. The highest BCUT2D eigenvalue weighted by Crippen LogP contribution is 2.35. The van der Waals surface area contributed by atoms with Crippen molar-refractivity contribution in [2.75, 3.05) is 20.2 Å². The molecule has 0 aromatic heterocycles. The van der Waals surface area contributed by atoms with E-state index in [-0.39, 0.29) is 5.60 Å². The summed E-state index contributed by atoms with van der Waals surface area (Å²) in [5, 5.41) is 3.35. The number of hydrogen-bond donors (Lipinski definition) is 1. The number of methoxy groups -OCH3 is 1. The number of benzene rings is 1. The third-order valence-electron chi connectivity index (χ3n) is 3.40. The number of nitrogens with one attached hydrogen (secondary N) is 1. The summed E-state index contributed by atoms with van der Waals surface area (Å²) in [6, 6.07) is 6.03. The van der Waals surface area contributed by atoms with Crippen molar-refractivity contribution in [3.63, 3.8) is 0 Å². The van der Waals surface area contributed by atoms with Crippen molar-refractivity contribution in [1.29, 1.82) is 0 Å². The molecule has 0 unspecified atom stereocenters. The van der Waals surface area contributed by atoms with Gasteiger partial charge < -0.3 is 14.8 Å². The van der Waals surface area contributed by atoms with Gasteiger partial charge in [-0.3, -0.25) is 0 Å². The van der Waals surface area contributed by atoms with Gasteiger partial charge in [-0.15, -0.1) is 0 Å². The Bertz CT molecular complexity index is 384. The molecule has 94 valence electrons. The molecule has 1 saturated heterocycles. The second-order valence-electron chi connectivity index (χ2n) is 4.91. The van der Waals surface area contributed by atoms with E-state index in [1.807, 2.05) is 25.1 Å². The lowest BCUT2D eigenvalue weighted by atomic mass is 9.94. The van der Waals surface area contributed by atoms with Gasteiger partial charge in [0.05, 0.1) is 7.11 Å². The summed E-state index contributed by atoms with van der Waals surface area (Å²) >= 11 is 0. The molecule has 3 nitrogen and oxygen atoms in total. The fraction of sp³-hybridized carbons (Fsp3) is 0.571. The predicted molar refractivity (Wildman–Crippen MR) is 68.9 cm³/mol.